The second-order valence-corrected chi connectivity index (χ2v) is 5.23. The van der Waals surface area contributed by atoms with Crippen LogP contribution in [0.4, 0.5) is 0 Å². The molecule has 0 atom stereocenters. The van der Waals surface area contributed by atoms with Crippen LogP contribution in [0.25, 0.3) is 0 Å². The molecule has 0 unspecified atom stereocenters. The average molecular weight is 256 g/mol. The molecule has 102 valence electrons. The maximum absolute atomic E-state index is 3.52. The number of rotatable bonds is 5. The first kappa shape index (κ1) is 13.9. The van der Waals surface area contributed by atoms with Crippen molar-refractivity contribution < 1.29 is 0 Å². The summed E-state index contributed by atoms with van der Waals surface area (Å²) in [6.45, 7) is 8.38. The number of hydrogen-bond donors (Lipinski definition) is 1. The van der Waals surface area contributed by atoms with Crippen molar-refractivity contribution in [3.63, 3.8) is 0 Å². The molecular formula is C17H24N2. The minimum Gasteiger partial charge on any atom is -0.352 e. The molecule has 1 heterocycles. The Hall–Kier alpha value is -1.54. The molecule has 1 N–H and O–H groups in total. The Morgan fingerprint density at radius 3 is 2.16 bits per heavy atom. The van der Waals surface area contributed by atoms with E-state index in [1.165, 1.54) is 28.1 Å². The zero-order valence-electron chi connectivity index (χ0n) is 12.5. The van der Waals surface area contributed by atoms with Gasteiger partial charge < -0.3 is 9.88 Å². The van der Waals surface area contributed by atoms with Gasteiger partial charge >= 0.3 is 0 Å². The van der Waals surface area contributed by atoms with Crippen LogP contribution in [0.1, 0.15) is 35.0 Å². The molecule has 1 aromatic heterocycles. The fourth-order valence-electron chi connectivity index (χ4n) is 2.35. The van der Waals surface area contributed by atoms with Gasteiger partial charge in [0.15, 0.2) is 0 Å². The van der Waals surface area contributed by atoms with Crippen LogP contribution in [-0.2, 0) is 26.6 Å². The van der Waals surface area contributed by atoms with Crippen LogP contribution >= 0.6 is 0 Å². The van der Waals surface area contributed by atoms with Crippen molar-refractivity contribution in [1.29, 1.82) is 0 Å². The molecular weight excluding hydrogens is 232 g/mol. The molecule has 2 heteroatoms. The quantitative estimate of drug-likeness (QED) is 0.866. The summed E-state index contributed by atoms with van der Waals surface area (Å²) in [5.74, 6) is 0. The molecule has 0 aliphatic heterocycles. The Labute approximate surface area is 116 Å². The predicted octanol–water partition coefficient (Wildman–Crippen LogP) is 3.49. The van der Waals surface area contributed by atoms with E-state index in [1.54, 1.807) is 0 Å². The Bertz CT molecular complexity index is 535. The zero-order valence-corrected chi connectivity index (χ0v) is 12.5. The maximum atomic E-state index is 3.52. The van der Waals surface area contributed by atoms with Gasteiger partial charge in [0.25, 0.3) is 0 Å². The number of hydrogen-bond acceptors (Lipinski definition) is 1. The molecule has 0 saturated heterocycles. The molecule has 1 aromatic carbocycles. The van der Waals surface area contributed by atoms with E-state index in [1.807, 2.05) is 0 Å². The lowest BCUT2D eigenvalue weighted by Gasteiger charge is -2.06. The lowest BCUT2D eigenvalue weighted by atomic mass is 10.1. The standard InChI is InChI=1S/C17H24N2/c1-5-15-6-8-16(9-7-15)11-18-12-17-10-13(2)19(4)14(17)3/h6-10,18H,5,11-12H2,1-4H3. The SMILES string of the molecule is CCc1ccc(CNCc2cc(C)n(C)c2C)cc1. The van der Waals surface area contributed by atoms with Gasteiger partial charge in [-0.05, 0) is 43.0 Å². The van der Waals surface area contributed by atoms with Crippen LogP contribution in [0.3, 0.4) is 0 Å². The van der Waals surface area contributed by atoms with E-state index in [0.717, 1.165) is 19.5 Å². The van der Waals surface area contributed by atoms with Crippen molar-refractivity contribution >= 4 is 0 Å². The number of aryl methyl sites for hydroxylation is 2. The molecule has 2 rings (SSSR count). The Morgan fingerprint density at radius 2 is 1.63 bits per heavy atom. The van der Waals surface area contributed by atoms with Gasteiger partial charge in [0.05, 0.1) is 0 Å². The Kier molecular flexibility index (Phi) is 4.43. The first-order valence-corrected chi connectivity index (χ1v) is 7.02. The third-order valence-corrected chi connectivity index (χ3v) is 3.96. The lowest BCUT2D eigenvalue weighted by Crippen LogP contribution is -2.13. The highest BCUT2D eigenvalue weighted by atomic mass is 15.0. The molecule has 0 aliphatic rings. The van der Waals surface area contributed by atoms with Gasteiger partial charge in [-0.2, -0.15) is 0 Å². The molecule has 19 heavy (non-hydrogen) atoms. The highest BCUT2D eigenvalue weighted by Gasteiger charge is 2.05. The fourth-order valence-corrected chi connectivity index (χ4v) is 2.35. The highest BCUT2D eigenvalue weighted by molar-refractivity contribution is 5.26. The van der Waals surface area contributed by atoms with E-state index < -0.39 is 0 Å². The van der Waals surface area contributed by atoms with Gasteiger partial charge in [0.1, 0.15) is 0 Å². The molecule has 0 aliphatic carbocycles. The molecule has 0 bridgehead atoms. The number of aromatic nitrogens is 1. The molecule has 0 spiro atoms. The van der Waals surface area contributed by atoms with Crippen molar-refractivity contribution in [2.75, 3.05) is 0 Å². The molecule has 0 amide bonds. The summed E-state index contributed by atoms with van der Waals surface area (Å²) in [4.78, 5) is 0. The highest BCUT2D eigenvalue weighted by Crippen LogP contribution is 2.13. The van der Waals surface area contributed by atoms with E-state index in [0.29, 0.717) is 0 Å². The molecule has 0 saturated carbocycles. The maximum Gasteiger partial charge on any atom is 0.0226 e. The van der Waals surface area contributed by atoms with Crippen LogP contribution < -0.4 is 5.32 Å². The minimum atomic E-state index is 0.928. The van der Waals surface area contributed by atoms with Crippen molar-refractivity contribution in [2.24, 2.45) is 7.05 Å². The topological polar surface area (TPSA) is 17.0 Å². The summed E-state index contributed by atoms with van der Waals surface area (Å²) in [6, 6.07) is 11.1. The first-order chi connectivity index (χ1) is 9.11. The van der Waals surface area contributed by atoms with E-state index in [9.17, 15) is 0 Å². The summed E-state index contributed by atoms with van der Waals surface area (Å²) in [5.41, 5.74) is 6.82. The van der Waals surface area contributed by atoms with Gasteiger partial charge in [0, 0.05) is 31.5 Å². The lowest BCUT2D eigenvalue weighted by molar-refractivity contribution is 0.687. The second-order valence-electron chi connectivity index (χ2n) is 5.23. The van der Waals surface area contributed by atoms with E-state index in [4.69, 9.17) is 0 Å². The molecule has 0 radical (unpaired) electrons. The summed E-state index contributed by atoms with van der Waals surface area (Å²) in [6.07, 6.45) is 1.11. The van der Waals surface area contributed by atoms with Crippen molar-refractivity contribution in [3.8, 4) is 0 Å². The van der Waals surface area contributed by atoms with Crippen molar-refractivity contribution in [3.05, 3.63) is 58.4 Å². The number of nitrogens with zero attached hydrogens (tertiary/aromatic N) is 1. The van der Waals surface area contributed by atoms with Crippen molar-refractivity contribution in [1.82, 2.24) is 9.88 Å². The van der Waals surface area contributed by atoms with Crippen LogP contribution in [0.2, 0.25) is 0 Å². The third kappa shape index (κ3) is 3.27. The normalized spacial score (nSPS) is 10.9. The van der Waals surface area contributed by atoms with E-state index >= 15 is 0 Å². The van der Waals surface area contributed by atoms with Gasteiger partial charge in [-0.25, -0.2) is 0 Å². The monoisotopic (exact) mass is 256 g/mol. The van der Waals surface area contributed by atoms with Crippen LogP contribution in [0.5, 0.6) is 0 Å². The zero-order chi connectivity index (χ0) is 13.8. The number of benzene rings is 1. The smallest absolute Gasteiger partial charge is 0.0226 e. The summed E-state index contributed by atoms with van der Waals surface area (Å²) >= 11 is 0. The fraction of sp³-hybridized carbons (Fsp3) is 0.412. The van der Waals surface area contributed by atoms with Gasteiger partial charge in [-0.15, -0.1) is 0 Å². The summed E-state index contributed by atoms with van der Waals surface area (Å²) < 4.78 is 2.24. The average Bonchev–Trinajstić information content (AvgIpc) is 2.67. The summed E-state index contributed by atoms with van der Waals surface area (Å²) in [7, 11) is 2.12. The first-order valence-electron chi connectivity index (χ1n) is 7.02. The van der Waals surface area contributed by atoms with Crippen LogP contribution in [-0.4, -0.2) is 4.57 Å². The number of nitrogens with one attached hydrogen (secondary N) is 1. The van der Waals surface area contributed by atoms with Crippen LogP contribution in [0.15, 0.2) is 30.3 Å². The largest absolute Gasteiger partial charge is 0.352 e. The molecule has 0 fully saturated rings. The van der Waals surface area contributed by atoms with Gasteiger partial charge in [-0.1, -0.05) is 31.2 Å². The van der Waals surface area contributed by atoms with Gasteiger partial charge in [0.2, 0.25) is 0 Å². The Morgan fingerprint density at radius 1 is 1.00 bits per heavy atom. The predicted molar refractivity (Wildman–Crippen MR) is 81.3 cm³/mol. The summed E-state index contributed by atoms with van der Waals surface area (Å²) in [5, 5.41) is 3.52. The molecule has 2 nitrogen and oxygen atoms in total. The molecule has 2 aromatic rings. The van der Waals surface area contributed by atoms with E-state index in [2.05, 4.69) is 68.0 Å². The van der Waals surface area contributed by atoms with Gasteiger partial charge in [-0.3, -0.25) is 0 Å². The van der Waals surface area contributed by atoms with Crippen LogP contribution in [0, 0.1) is 13.8 Å². The third-order valence-electron chi connectivity index (χ3n) is 3.96. The second kappa shape index (κ2) is 6.07. The van der Waals surface area contributed by atoms with Crippen molar-refractivity contribution in [2.45, 2.75) is 40.3 Å². The minimum absolute atomic E-state index is 0.928. The Balaban J connectivity index is 1.90. The van der Waals surface area contributed by atoms with E-state index in [-0.39, 0.29) is 0 Å².